The molecule has 3 rings (SSSR count). The first-order valence-corrected chi connectivity index (χ1v) is 8.26. The second-order valence-corrected chi connectivity index (χ2v) is 6.89. The van der Waals surface area contributed by atoms with Crippen molar-refractivity contribution in [3.63, 3.8) is 0 Å². The molecule has 106 valence electrons. The molecule has 1 aliphatic carbocycles. The number of nitrogens with one attached hydrogen (secondary N) is 1. The Labute approximate surface area is 125 Å². The Balaban J connectivity index is 1.80. The largest absolute Gasteiger partial charge is 0.319 e. The van der Waals surface area contributed by atoms with E-state index >= 15 is 0 Å². The molecule has 20 heavy (non-hydrogen) atoms. The standard InChI is InChI=1S/C17H22N2S/c1-12-6-8-13(9-7-12)10-16-19-17-14(11-18-2)4-3-5-15(17)20-16/h6-9,14,18H,3-5,10-11H2,1-2H3. The van der Waals surface area contributed by atoms with E-state index in [0.717, 1.165) is 13.0 Å². The van der Waals surface area contributed by atoms with Gasteiger partial charge in [-0.2, -0.15) is 0 Å². The summed E-state index contributed by atoms with van der Waals surface area (Å²) in [4.78, 5) is 6.47. The number of hydrogen-bond acceptors (Lipinski definition) is 3. The predicted octanol–water partition coefficient (Wildman–Crippen LogP) is 3.68. The van der Waals surface area contributed by atoms with Crippen molar-refractivity contribution in [2.45, 2.75) is 38.5 Å². The maximum atomic E-state index is 4.95. The Morgan fingerprint density at radius 3 is 2.85 bits per heavy atom. The zero-order valence-electron chi connectivity index (χ0n) is 12.3. The third-order valence-electron chi connectivity index (χ3n) is 4.04. The van der Waals surface area contributed by atoms with Gasteiger partial charge in [0.2, 0.25) is 0 Å². The first kappa shape index (κ1) is 13.8. The van der Waals surface area contributed by atoms with E-state index < -0.39 is 0 Å². The van der Waals surface area contributed by atoms with Gasteiger partial charge >= 0.3 is 0 Å². The minimum Gasteiger partial charge on any atom is -0.319 e. The molecule has 0 amide bonds. The lowest BCUT2D eigenvalue weighted by Crippen LogP contribution is -2.21. The Morgan fingerprint density at radius 1 is 1.30 bits per heavy atom. The summed E-state index contributed by atoms with van der Waals surface area (Å²) in [5, 5.41) is 4.59. The Morgan fingerprint density at radius 2 is 2.10 bits per heavy atom. The summed E-state index contributed by atoms with van der Waals surface area (Å²) in [6.45, 7) is 3.19. The van der Waals surface area contributed by atoms with Crippen molar-refractivity contribution in [2.75, 3.05) is 13.6 Å². The van der Waals surface area contributed by atoms with Crippen LogP contribution in [0.2, 0.25) is 0 Å². The van der Waals surface area contributed by atoms with Gasteiger partial charge in [-0.25, -0.2) is 4.98 Å². The number of likely N-dealkylation sites (N-methyl/N-ethyl adjacent to an activating group) is 1. The van der Waals surface area contributed by atoms with Crippen LogP contribution in [-0.2, 0) is 12.8 Å². The maximum absolute atomic E-state index is 4.95. The fourth-order valence-corrected chi connectivity index (χ4v) is 4.19. The first-order valence-electron chi connectivity index (χ1n) is 7.45. The van der Waals surface area contributed by atoms with Crippen LogP contribution in [0.3, 0.4) is 0 Å². The Hall–Kier alpha value is -1.19. The highest BCUT2D eigenvalue weighted by atomic mass is 32.1. The number of aryl methyl sites for hydroxylation is 2. The summed E-state index contributed by atoms with van der Waals surface area (Å²) in [6, 6.07) is 8.82. The maximum Gasteiger partial charge on any atom is 0.0975 e. The Bertz CT molecular complexity index is 571. The number of aromatic nitrogens is 1. The van der Waals surface area contributed by atoms with Crippen molar-refractivity contribution in [3.8, 4) is 0 Å². The molecule has 1 aliphatic rings. The molecular weight excluding hydrogens is 264 g/mol. The molecule has 0 radical (unpaired) electrons. The number of rotatable bonds is 4. The Kier molecular flexibility index (Phi) is 4.18. The molecule has 3 heteroatoms. The van der Waals surface area contributed by atoms with Crippen LogP contribution in [0.25, 0.3) is 0 Å². The van der Waals surface area contributed by atoms with Crippen LogP contribution in [-0.4, -0.2) is 18.6 Å². The molecule has 0 aliphatic heterocycles. The van der Waals surface area contributed by atoms with E-state index in [1.165, 1.54) is 46.0 Å². The molecule has 1 unspecified atom stereocenters. The van der Waals surface area contributed by atoms with Crippen molar-refractivity contribution >= 4 is 11.3 Å². The smallest absolute Gasteiger partial charge is 0.0975 e. The van der Waals surface area contributed by atoms with Gasteiger partial charge in [0.1, 0.15) is 0 Å². The molecule has 1 atom stereocenters. The summed E-state index contributed by atoms with van der Waals surface area (Å²) < 4.78 is 0. The number of benzene rings is 1. The molecule has 1 N–H and O–H groups in total. The van der Waals surface area contributed by atoms with Gasteiger partial charge in [0.05, 0.1) is 10.7 Å². The summed E-state index contributed by atoms with van der Waals surface area (Å²) >= 11 is 1.93. The highest BCUT2D eigenvalue weighted by molar-refractivity contribution is 7.11. The van der Waals surface area contributed by atoms with Crippen LogP contribution in [0.5, 0.6) is 0 Å². The summed E-state index contributed by atoms with van der Waals surface area (Å²) in [6.07, 6.45) is 4.79. The van der Waals surface area contributed by atoms with Gasteiger partial charge in [-0.05, 0) is 38.8 Å². The topological polar surface area (TPSA) is 24.9 Å². The molecule has 1 aromatic carbocycles. The van der Waals surface area contributed by atoms with E-state index in [9.17, 15) is 0 Å². The van der Waals surface area contributed by atoms with Crippen molar-refractivity contribution < 1.29 is 0 Å². The summed E-state index contributed by atoms with van der Waals surface area (Å²) in [7, 11) is 2.04. The third kappa shape index (κ3) is 2.94. The minimum atomic E-state index is 0.617. The zero-order valence-corrected chi connectivity index (χ0v) is 13.1. The second kappa shape index (κ2) is 6.06. The van der Waals surface area contributed by atoms with Crippen LogP contribution in [0, 0.1) is 6.92 Å². The highest BCUT2D eigenvalue weighted by Crippen LogP contribution is 2.35. The van der Waals surface area contributed by atoms with E-state index in [1.807, 2.05) is 18.4 Å². The van der Waals surface area contributed by atoms with Crippen molar-refractivity contribution in [1.29, 1.82) is 0 Å². The monoisotopic (exact) mass is 286 g/mol. The average Bonchev–Trinajstić information content (AvgIpc) is 2.85. The van der Waals surface area contributed by atoms with Crippen molar-refractivity contribution in [1.82, 2.24) is 10.3 Å². The lowest BCUT2D eigenvalue weighted by atomic mass is 9.91. The lowest BCUT2D eigenvalue weighted by molar-refractivity contribution is 0.522. The van der Waals surface area contributed by atoms with E-state index in [4.69, 9.17) is 4.98 Å². The zero-order chi connectivity index (χ0) is 13.9. The molecule has 2 nitrogen and oxygen atoms in total. The van der Waals surface area contributed by atoms with Crippen molar-refractivity contribution in [3.05, 3.63) is 51.0 Å². The summed E-state index contributed by atoms with van der Waals surface area (Å²) in [5.74, 6) is 0.617. The van der Waals surface area contributed by atoms with Crippen LogP contribution in [0.15, 0.2) is 24.3 Å². The van der Waals surface area contributed by atoms with Gasteiger partial charge in [0, 0.05) is 23.8 Å². The number of hydrogen-bond donors (Lipinski definition) is 1. The van der Waals surface area contributed by atoms with Gasteiger partial charge < -0.3 is 5.32 Å². The van der Waals surface area contributed by atoms with E-state index in [0.29, 0.717) is 5.92 Å². The number of fused-ring (bicyclic) bond motifs is 1. The lowest BCUT2D eigenvalue weighted by Gasteiger charge is -2.20. The molecule has 0 bridgehead atoms. The van der Waals surface area contributed by atoms with Crippen molar-refractivity contribution in [2.24, 2.45) is 0 Å². The minimum absolute atomic E-state index is 0.617. The van der Waals surface area contributed by atoms with Gasteiger partial charge in [-0.1, -0.05) is 29.8 Å². The van der Waals surface area contributed by atoms with Gasteiger partial charge in [-0.3, -0.25) is 0 Å². The van der Waals surface area contributed by atoms with Crippen LogP contribution in [0.1, 0.15) is 45.5 Å². The third-order valence-corrected chi connectivity index (χ3v) is 5.17. The van der Waals surface area contributed by atoms with Gasteiger partial charge in [0.15, 0.2) is 0 Å². The van der Waals surface area contributed by atoms with E-state index in [1.54, 1.807) is 0 Å². The van der Waals surface area contributed by atoms with Gasteiger partial charge in [0.25, 0.3) is 0 Å². The van der Waals surface area contributed by atoms with Crippen LogP contribution < -0.4 is 5.32 Å². The average molecular weight is 286 g/mol. The molecule has 0 fully saturated rings. The fraction of sp³-hybridized carbons (Fsp3) is 0.471. The van der Waals surface area contributed by atoms with E-state index in [2.05, 4.69) is 36.5 Å². The molecule has 0 spiro atoms. The molecule has 0 saturated carbocycles. The highest BCUT2D eigenvalue weighted by Gasteiger charge is 2.24. The van der Waals surface area contributed by atoms with Crippen LogP contribution >= 0.6 is 11.3 Å². The number of nitrogens with zero attached hydrogens (tertiary/aromatic N) is 1. The normalized spacial score (nSPS) is 18.0. The quantitative estimate of drug-likeness (QED) is 0.927. The molecule has 2 aromatic rings. The molecular formula is C17H22N2S. The van der Waals surface area contributed by atoms with E-state index in [-0.39, 0.29) is 0 Å². The second-order valence-electron chi connectivity index (χ2n) is 5.73. The SMILES string of the molecule is CNCC1CCCc2sc(Cc3ccc(C)cc3)nc21. The predicted molar refractivity (Wildman–Crippen MR) is 85.7 cm³/mol. The van der Waals surface area contributed by atoms with Gasteiger partial charge in [-0.15, -0.1) is 11.3 Å². The van der Waals surface area contributed by atoms with Crippen LogP contribution in [0.4, 0.5) is 0 Å². The fourth-order valence-electron chi connectivity index (χ4n) is 2.96. The summed E-state index contributed by atoms with van der Waals surface area (Å²) in [5.41, 5.74) is 4.06. The molecule has 0 saturated heterocycles. The number of thiazole rings is 1. The molecule has 1 aromatic heterocycles. The first-order chi connectivity index (χ1) is 9.76. The molecule has 1 heterocycles.